The standard InChI is InChI=1S/C12H16N2O4S/c1-17-6-7-18-8-9-19(15,16)14-12-5-3-2-4-11(12)10-13/h2-5,14H,6-9H2,1H3. The Kier molecular flexibility index (Phi) is 6.29. The lowest BCUT2D eigenvalue weighted by Gasteiger charge is -2.09. The largest absolute Gasteiger partial charge is 0.382 e. The van der Waals surface area contributed by atoms with Gasteiger partial charge in [-0.3, -0.25) is 4.72 Å². The Bertz CT molecular complexity index is 537. The summed E-state index contributed by atoms with van der Waals surface area (Å²) >= 11 is 0. The van der Waals surface area contributed by atoms with E-state index in [-0.39, 0.29) is 23.6 Å². The van der Waals surface area contributed by atoms with Gasteiger partial charge in [0, 0.05) is 7.11 Å². The van der Waals surface area contributed by atoms with E-state index in [4.69, 9.17) is 14.7 Å². The van der Waals surface area contributed by atoms with Crippen LogP contribution in [0.3, 0.4) is 0 Å². The lowest BCUT2D eigenvalue weighted by atomic mass is 10.2. The molecule has 1 N–H and O–H groups in total. The quantitative estimate of drug-likeness (QED) is 0.718. The van der Waals surface area contributed by atoms with Gasteiger partial charge in [0.1, 0.15) is 6.07 Å². The Morgan fingerprint density at radius 3 is 2.68 bits per heavy atom. The molecule has 0 aliphatic carbocycles. The first-order chi connectivity index (χ1) is 9.09. The van der Waals surface area contributed by atoms with Crippen molar-refractivity contribution in [2.75, 3.05) is 37.4 Å². The zero-order chi connectivity index (χ0) is 14.1. The first-order valence-corrected chi connectivity index (χ1v) is 7.30. The molecular formula is C12H16N2O4S. The molecule has 0 aliphatic rings. The van der Waals surface area contributed by atoms with Crippen molar-refractivity contribution in [2.45, 2.75) is 0 Å². The Labute approximate surface area is 113 Å². The van der Waals surface area contributed by atoms with Crippen LogP contribution in [-0.2, 0) is 19.5 Å². The molecule has 0 aromatic heterocycles. The maximum atomic E-state index is 11.8. The lowest BCUT2D eigenvalue weighted by Crippen LogP contribution is -2.21. The van der Waals surface area contributed by atoms with Crippen molar-refractivity contribution in [1.82, 2.24) is 0 Å². The van der Waals surface area contributed by atoms with Crippen molar-refractivity contribution < 1.29 is 17.9 Å². The predicted molar refractivity (Wildman–Crippen MR) is 71.3 cm³/mol. The van der Waals surface area contributed by atoms with Gasteiger partial charge in [0.25, 0.3) is 0 Å². The predicted octanol–water partition coefficient (Wildman–Crippen LogP) is 0.963. The number of nitriles is 1. The summed E-state index contributed by atoms with van der Waals surface area (Å²) in [5, 5.41) is 8.87. The molecular weight excluding hydrogens is 268 g/mol. The van der Waals surface area contributed by atoms with E-state index in [9.17, 15) is 8.42 Å². The van der Waals surface area contributed by atoms with Crippen molar-refractivity contribution >= 4 is 15.7 Å². The highest BCUT2D eigenvalue weighted by Gasteiger charge is 2.12. The zero-order valence-corrected chi connectivity index (χ0v) is 11.4. The summed E-state index contributed by atoms with van der Waals surface area (Å²) < 4.78 is 35.8. The SMILES string of the molecule is COCCOCCS(=O)(=O)Nc1ccccc1C#N. The molecule has 0 amide bonds. The molecule has 0 fully saturated rings. The van der Waals surface area contributed by atoms with Gasteiger partial charge in [-0.05, 0) is 12.1 Å². The third-order valence-corrected chi connectivity index (χ3v) is 3.48. The molecule has 0 spiro atoms. The summed E-state index contributed by atoms with van der Waals surface area (Å²) in [6, 6.07) is 8.35. The maximum absolute atomic E-state index is 11.8. The molecule has 19 heavy (non-hydrogen) atoms. The van der Waals surface area contributed by atoms with E-state index in [1.807, 2.05) is 6.07 Å². The van der Waals surface area contributed by atoms with Gasteiger partial charge in [0.05, 0.1) is 36.8 Å². The first kappa shape index (κ1) is 15.4. The number of ether oxygens (including phenoxy) is 2. The molecule has 0 heterocycles. The van der Waals surface area contributed by atoms with Gasteiger partial charge in [-0.25, -0.2) is 8.42 Å². The molecule has 1 rings (SSSR count). The highest BCUT2D eigenvalue weighted by atomic mass is 32.2. The molecule has 6 nitrogen and oxygen atoms in total. The van der Waals surface area contributed by atoms with E-state index in [0.717, 1.165) is 0 Å². The van der Waals surface area contributed by atoms with Crippen molar-refractivity contribution in [3.63, 3.8) is 0 Å². The molecule has 0 saturated heterocycles. The normalized spacial score (nSPS) is 10.9. The van der Waals surface area contributed by atoms with E-state index >= 15 is 0 Å². The molecule has 0 saturated carbocycles. The Balaban J connectivity index is 2.53. The number of rotatable bonds is 8. The minimum Gasteiger partial charge on any atom is -0.382 e. The van der Waals surface area contributed by atoms with Gasteiger partial charge in [-0.2, -0.15) is 5.26 Å². The third-order valence-electron chi connectivity index (χ3n) is 2.24. The number of benzene rings is 1. The second-order valence-electron chi connectivity index (χ2n) is 3.68. The van der Waals surface area contributed by atoms with Gasteiger partial charge in [0.2, 0.25) is 10.0 Å². The highest BCUT2D eigenvalue weighted by Crippen LogP contribution is 2.15. The highest BCUT2D eigenvalue weighted by molar-refractivity contribution is 7.92. The summed E-state index contributed by atoms with van der Waals surface area (Å²) in [5.41, 5.74) is 0.563. The average molecular weight is 284 g/mol. The van der Waals surface area contributed by atoms with Crippen molar-refractivity contribution in [3.8, 4) is 6.07 Å². The number of sulfonamides is 1. The van der Waals surface area contributed by atoms with E-state index in [1.54, 1.807) is 31.4 Å². The summed E-state index contributed by atoms with van der Waals surface area (Å²) in [6.45, 7) is 0.846. The van der Waals surface area contributed by atoms with Gasteiger partial charge in [-0.1, -0.05) is 12.1 Å². The summed E-state index contributed by atoms with van der Waals surface area (Å²) in [5.74, 6) is -0.170. The maximum Gasteiger partial charge on any atom is 0.235 e. The minimum absolute atomic E-state index is 0.0768. The topological polar surface area (TPSA) is 88.4 Å². The van der Waals surface area contributed by atoms with Gasteiger partial charge >= 0.3 is 0 Å². The van der Waals surface area contributed by atoms with Crippen molar-refractivity contribution in [1.29, 1.82) is 5.26 Å². The molecule has 0 bridgehead atoms. The van der Waals surface area contributed by atoms with Crippen LogP contribution in [0.1, 0.15) is 5.56 Å². The van der Waals surface area contributed by atoms with Crippen LogP contribution in [0.2, 0.25) is 0 Å². The number of anilines is 1. The second-order valence-corrected chi connectivity index (χ2v) is 5.53. The van der Waals surface area contributed by atoms with E-state index < -0.39 is 10.0 Å². The number of nitrogens with one attached hydrogen (secondary N) is 1. The Morgan fingerprint density at radius 1 is 1.26 bits per heavy atom. The van der Waals surface area contributed by atoms with Crippen LogP contribution >= 0.6 is 0 Å². The van der Waals surface area contributed by atoms with Crippen LogP contribution in [0.25, 0.3) is 0 Å². The molecule has 1 aromatic carbocycles. The fourth-order valence-electron chi connectivity index (χ4n) is 1.30. The van der Waals surface area contributed by atoms with Gasteiger partial charge in [-0.15, -0.1) is 0 Å². The van der Waals surface area contributed by atoms with E-state index in [0.29, 0.717) is 13.2 Å². The van der Waals surface area contributed by atoms with E-state index in [2.05, 4.69) is 4.72 Å². The van der Waals surface area contributed by atoms with Crippen LogP contribution in [0.4, 0.5) is 5.69 Å². The van der Waals surface area contributed by atoms with Gasteiger partial charge in [0.15, 0.2) is 0 Å². The molecule has 0 unspecified atom stereocenters. The molecule has 0 aliphatic heterocycles. The summed E-state index contributed by atoms with van der Waals surface area (Å²) in [4.78, 5) is 0. The molecule has 104 valence electrons. The monoisotopic (exact) mass is 284 g/mol. The van der Waals surface area contributed by atoms with Crippen LogP contribution in [0, 0.1) is 11.3 Å². The lowest BCUT2D eigenvalue weighted by molar-refractivity contribution is 0.0785. The Morgan fingerprint density at radius 2 is 2.00 bits per heavy atom. The molecule has 1 aromatic rings. The number of hydrogen-bond acceptors (Lipinski definition) is 5. The molecule has 0 radical (unpaired) electrons. The van der Waals surface area contributed by atoms with E-state index in [1.165, 1.54) is 0 Å². The molecule has 7 heteroatoms. The smallest absolute Gasteiger partial charge is 0.235 e. The van der Waals surface area contributed by atoms with Crippen LogP contribution < -0.4 is 4.72 Å². The van der Waals surface area contributed by atoms with Crippen molar-refractivity contribution in [2.24, 2.45) is 0 Å². The summed E-state index contributed by atoms with van der Waals surface area (Å²) in [6.07, 6.45) is 0. The fourth-order valence-corrected chi connectivity index (χ4v) is 2.25. The number of methoxy groups -OCH3 is 1. The fraction of sp³-hybridized carbons (Fsp3) is 0.417. The van der Waals surface area contributed by atoms with Crippen LogP contribution in [0.5, 0.6) is 0 Å². The van der Waals surface area contributed by atoms with Crippen molar-refractivity contribution in [3.05, 3.63) is 29.8 Å². The summed E-state index contributed by atoms with van der Waals surface area (Å²) in [7, 11) is -1.98. The zero-order valence-electron chi connectivity index (χ0n) is 10.6. The number of hydrogen-bond donors (Lipinski definition) is 1. The second kappa shape index (κ2) is 7.74. The van der Waals surface area contributed by atoms with Crippen LogP contribution in [0.15, 0.2) is 24.3 Å². The third kappa shape index (κ3) is 5.70. The average Bonchev–Trinajstić information content (AvgIpc) is 2.38. The van der Waals surface area contributed by atoms with Crippen LogP contribution in [-0.4, -0.2) is 41.1 Å². The number of para-hydroxylation sites is 1. The number of nitrogens with zero attached hydrogens (tertiary/aromatic N) is 1. The molecule has 0 atom stereocenters. The minimum atomic E-state index is -3.52. The van der Waals surface area contributed by atoms with Gasteiger partial charge < -0.3 is 9.47 Å². The Hall–Kier alpha value is -1.62. The first-order valence-electron chi connectivity index (χ1n) is 5.65.